The maximum absolute atomic E-state index is 12.2. The fourth-order valence-corrected chi connectivity index (χ4v) is 2.79. The number of anilines is 2. The highest BCUT2D eigenvalue weighted by Gasteiger charge is 2.19. The van der Waals surface area contributed by atoms with Gasteiger partial charge in [-0.3, -0.25) is 10.1 Å². The zero-order chi connectivity index (χ0) is 18.8. The molecule has 0 saturated carbocycles. The average molecular weight is 393 g/mol. The van der Waals surface area contributed by atoms with E-state index in [1.165, 1.54) is 30.3 Å². The summed E-state index contributed by atoms with van der Waals surface area (Å²) in [6.45, 7) is -3.04. The first-order valence-corrected chi connectivity index (χ1v) is 8.85. The predicted octanol–water partition coefficient (Wildman–Crippen LogP) is 4.00. The minimum Gasteiger partial charge on any atom is -0.433 e. The van der Waals surface area contributed by atoms with Crippen LogP contribution >= 0.6 is 11.6 Å². The molecule has 7 nitrogen and oxygen atoms in total. The molecule has 1 N–H and O–H groups in total. The molecule has 0 heterocycles. The minimum atomic E-state index is -3.61. The van der Waals surface area contributed by atoms with Gasteiger partial charge in [0.2, 0.25) is 0 Å². The van der Waals surface area contributed by atoms with Crippen LogP contribution in [0, 0.1) is 10.1 Å². The second-order valence-electron chi connectivity index (χ2n) is 4.86. The van der Waals surface area contributed by atoms with E-state index in [1.807, 2.05) is 0 Å². The number of alkyl halides is 2. The number of hydrogen-bond donors (Lipinski definition) is 1. The summed E-state index contributed by atoms with van der Waals surface area (Å²) in [6, 6.07) is 7.11. The van der Waals surface area contributed by atoms with Crippen LogP contribution < -0.4 is 10.1 Å². The number of nitrogens with one attached hydrogen (secondary N) is 1. The van der Waals surface area contributed by atoms with Gasteiger partial charge in [-0.2, -0.15) is 8.78 Å². The average Bonchev–Trinajstić information content (AvgIpc) is 2.48. The molecule has 0 unspecified atom stereocenters. The third-order valence-electron chi connectivity index (χ3n) is 3.02. The summed E-state index contributed by atoms with van der Waals surface area (Å²) in [5, 5.41) is 13.7. The van der Waals surface area contributed by atoms with Gasteiger partial charge in [0.1, 0.15) is 11.4 Å². The molecule has 2 aromatic rings. The van der Waals surface area contributed by atoms with E-state index < -0.39 is 27.1 Å². The molecule has 25 heavy (non-hydrogen) atoms. The van der Waals surface area contributed by atoms with Crippen LogP contribution in [0.1, 0.15) is 0 Å². The fraction of sp³-hybridized carbons (Fsp3) is 0.143. The Bertz CT molecular complexity index is 921. The first kappa shape index (κ1) is 18.9. The lowest BCUT2D eigenvalue weighted by Crippen LogP contribution is -2.03. The van der Waals surface area contributed by atoms with Gasteiger partial charge in [-0.1, -0.05) is 11.6 Å². The molecular formula is C14H11ClF2N2O5S. The third-order valence-corrected chi connectivity index (χ3v) is 4.43. The van der Waals surface area contributed by atoms with Gasteiger partial charge in [0.25, 0.3) is 5.69 Å². The van der Waals surface area contributed by atoms with Gasteiger partial charge in [-0.25, -0.2) is 8.42 Å². The van der Waals surface area contributed by atoms with E-state index in [9.17, 15) is 27.3 Å². The van der Waals surface area contributed by atoms with Gasteiger partial charge in [-0.15, -0.1) is 0 Å². The summed E-state index contributed by atoms with van der Waals surface area (Å²) < 4.78 is 51.6. The molecule has 0 radical (unpaired) electrons. The van der Waals surface area contributed by atoms with Crippen molar-refractivity contribution in [3.63, 3.8) is 0 Å². The molecule has 11 heteroatoms. The van der Waals surface area contributed by atoms with Gasteiger partial charge < -0.3 is 10.1 Å². The standard InChI is InChI=1S/C14H11ClF2N2O5S/c1-25(22,23)9-3-4-11(12(7-9)19(20)21)18-8-2-5-13(10(15)6-8)24-14(16)17/h2-7,14,18H,1H3. The van der Waals surface area contributed by atoms with E-state index in [0.29, 0.717) is 0 Å². The largest absolute Gasteiger partial charge is 0.433 e. The Morgan fingerprint density at radius 1 is 1.24 bits per heavy atom. The second-order valence-corrected chi connectivity index (χ2v) is 7.28. The lowest BCUT2D eigenvalue weighted by Gasteiger charge is -2.11. The fourth-order valence-electron chi connectivity index (χ4n) is 1.92. The monoisotopic (exact) mass is 392 g/mol. The number of rotatable bonds is 6. The van der Waals surface area contributed by atoms with E-state index in [-0.39, 0.29) is 27.0 Å². The van der Waals surface area contributed by atoms with Crippen molar-refractivity contribution in [2.24, 2.45) is 0 Å². The molecule has 0 aromatic heterocycles. The molecule has 0 amide bonds. The summed E-state index contributed by atoms with van der Waals surface area (Å²) in [6.07, 6.45) is 0.931. The van der Waals surface area contributed by atoms with Crippen molar-refractivity contribution in [3.05, 3.63) is 51.5 Å². The lowest BCUT2D eigenvalue weighted by molar-refractivity contribution is -0.384. The molecule has 2 rings (SSSR count). The highest BCUT2D eigenvalue weighted by molar-refractivity contribution is 7.90. The minimum absolute atomic E-state index is 0.0102. The van der Waals surface area contributed by atoms with Crippen LogP contribution in [-0.2, 0) is 9.84 Å². The van der Waals surface area contributed by atoms with Gasteiger partial charge in [-0.05, 0) is 30.3 Å². The maximum Gasteiger partial charge on any atom is 0.387 e. The molecule has 0 fully saturated rings. The van der Waals surface area contributed by atoms with E-state index in [4.69, 9.17) is 11.6 Å². The smallest absolute Gasteiger partial charge is 0.387 e. The Morgan fingerprint density at radius 2 is 1.92 bits per heavy atom. The summed E-state index contributed by atoms with van der Waals surface area (Å²) in [4.78, 5) is 10.2. The maximum atomic E-state index is 12.2. The third kappa shape index (κ3) is 4.77. The summed E-state index contributed by atoms with van der Waals surface area (Å²) in [5.74, 6) is -0.246. The van der Waals surface area contributed by atoms with Gasteiger partial charge in [0.05, 0.1) is 14.8 Å². The van der Waals surface area contributed by atoms with Crippen molar-refractivity contribution in [3.8, 4) is 5.75 Å². The molecule has 2 aromatic carbocycles. The zero-order valence-corrected chi connectivity index (χ0v) is 14.1. The molecule has 0 atom stereocenters. The zero-order valence-electron chi connectivity index (χ0n) is 12.6. The summed E-state index contributed by atoms with van der Waals surface area (Å²) >= 11 is 5.82. The number of nitrogens with zero attached hydrogens (tertiary/aromatic N) is 1. The molecule has 0 saturated heterocycles. The molecule has 0 aliphatic heterocycles. The highest BCUT2D eigenvalue weighted by Crippen LogP contribution is 2.33. The Labute approximate surface area is 146 Å². The van der Waals surface area contributed by atoms with Crippen LogP contribution in [0.5, 0.6) is 5.75 Å². The van der Waals surface area contributed by atoms with Gasteiger partial charge in [0, 0.05) is 18.0 Å². The quantitative estimate of drug-likeness (QED) is 0.589. The molecule has 0 bridgehead atoms. The number of halogens is 3. The normalized spacial score (nSPS) is 11.4. The van der Waals surface area contributed by atoms with Gasteiger partial charge >= 0.3 is 6.61 Å². The van der Waals surface area contributed by atoms with E-state index in [2.05, 4.69) is 10.1 Å². The topological polar surface area (TPSA) is 98.5 Å². The number of nitro groups is 1. The Kier molecular flexibility index (Phi) is 5.43. The SMILES string of the molecule is CS(=O)(=O)c1ccc(Nc2ccc(OC(F)F)c(Cl)c2)c([N+](=O)[O-])c1. The first-order valence-electron chi connectivity index (χ1n) is 6.58. The summed E-state index contributed by atoms with van der Waals surface area (Å²) in [5.41, 5.74) is -0.190. The predicted molar refractivity (Wildman–Crippen MR) is 87.6 cm³/mol. The van der Waals surface area contributed by atoms with Crippen LogP contribution in [0.15, 0.2) is 41.3 Å². The number of hydrogen-bond acceptors (Lipinski definition) is 6. The molecule has 0 aliphatic carbocycles. The van der Waals surface area contributed by atoms with Crippen LogP contribution in [-0.4, -0.2) is 26.2 Å². The lowest BCUT2D eigenvalue weighted by atomic mass is 10.2. The molecule has 0 aliphatic rings. The molecular weight excluding hydrogens is 382 g/mol. The van der Waals surface area contributed by atoms with Crippen LogP contribution in [0.3, 0.4) is 0 Å². The van der Waals surface area contributed by atoms with Crippen molar-refractivity contribution in [2.45, 2.75) is 11.5 Å². The van der Waals surface area contributed by atoms with Crippen molar-refractivity contribution < 1.29 is 26.9 Å². The number of nitro benzene ring substituents is 1. The van der Waals surface area contributed by atoms with Crippen LogP contribution in [0.25, 0.3) is 0 Å². The number of benzene rings is 2. The molecule has 0 spiro atoms. The van der Waals surface area contributed by atoms with Crippen molar-refractivity contribution in [1.29, 1.82) is 0 Å². The van der Waals surface area contributed by atoms with Crippen molar-refractivity contribution >= 4 is 38.5 Å². The van der Waals surface area contributed by atoms with Crippen molar-refractivity contribution in [1.82, 2.24) is 0 Å². The Morgan fingerprint density at radius 3 is 2.44 bits per heavy atom. The first-order chi connectivity index (χ1) is 11.6. The van der Waals surface area contributed by atoms with E-state index >= 15 is 0 Å². The van der Waals surface area contributed by atoms with Crippen LogP contribution in [0.2, 0.25) is 5.02 Å². The molecule has 134 valence electrons. The number of sulfone groups is 1. The second kappa shape index (κ2) is 7.19. The highest BCUT2D eigenvalue weighted by atomic mass is 35.5. The summed E-state index contributed by atoms with van der Waals surface area (Å²) in [7, 11) is -3.61. The van der Waals surface area contributed by atoms with E-state index in [0.717, 1.165) is 12.3 Å². The van der Waals surface area contributed by atoms with Crippen LogP contribution in [0.4, 0.5) is 25.8 Å². The van der Waals surface area contributed by atoms with Crippen molar-refractivity contribution in [2.75, 3.05) is 11.6 Å². The van der Waals surface area contributed by atoms with E-state index in [1.54, 1.807) is 0 Å². The Balaban J connectivity index is 2.37. The Hall–Kier alpha value is -2.46. The number of ether oxygens (including phenoxy) is 1. The van der Waals surface area contributed by atoms with Gasteiger partial charge in [0.15, 0.2) is 9.84 Å².